The predicted octanol–water partition coefficient (Wildman–Crippen LogP) is 1.87. The molecule has 23 heavy (non-hydrogen) atoms. The summed E-state index contributed by atoms with van der Waals surface area (Å²) in [6.07, 6.45) is 7.80. The summed E-state index contributed by atoms with van der Waals surface area (Å²) in [5, 5.41) is 4.22. The molecule has 0 saturated carbocycles. The molecule has 4 rings (SSSR count). The highest BCUT2D eigenvalue weighted by atomic mass is 16.5. The van der Waals surface area contributed by atoms with E-state index in [1.54, 1.807) is 17.1 Å². The molecule has 0 spiro atoms. The highest BCUT2D eigenvalue weighted by Crippen LogP contribution is 2.37. The van der Waals surface area contributed by atoms with Gasteiger partial charge in [-0.2, -0.15) is 5.10 Å². The molecule has 0 N–H and O–H groups in total. The lowest BCUT2D eigenvalue weighted by atomic mass is 9.90. The normalized spacial score (nSPS) is 23.8. The number of carbonyl (C=O) groups excluding carboxylic acids is 1. The van der Waals surface area contributed by atoms with Gasteiger partial charge in [0.15, 0.2) is 0 Å². The third-order valence-electron chi connectivity index (χ3n) is 4.83. The minimum Gasteiger partial charge on any atom is -0.371 e. The van der Waals surface area contributed by atoms with Crippen LogP contribution in [0.4, 0.5) is 5.69 Å². The highest BCUT2D eigenvalue weighted by molar-refractivity contribution is 5.97. The van der Waals surface area contributed by atoms with Gasteiger partial charge in [0.1, 0.15) is 6.10 Å². The monoisotopic (exact) mass is 312 g/mol. The van der Waals surface area contributed by atoms with Crippen LogP contribution in [-0.4, -0.2) is 33.8 Å². The number of pyridine rings is 1. The highest BCUT2D eigenvalue weighted by Gasteiger charge is 2.39. The zero-order valence-corrected chi connectivity index (χ0v) is 13.2. The fraction of sp³-hybridized carbons (Fsp3) is 0.471. The Hall–Kier alpha value is -2.21. The van der Waals surface area contributed by atoms with Crippen molar-refractivity contribution in [2.75, 3.05) is 18.1 Å². The first-order chi connectivity index (χ1) is 11.3. The first-order valence-electron chi connectivity index (χ1n) is 8.09. The van der Waals surface area contributed by atoms with Gasteiger partial charge in [0.05, 0.1) is 11.6 Å². The third kappa shape index (κ3) is 2.43. The van der Waals surface area contributed by atoms with Gasteiger partial charge in [-0.3, -0.25) is 14.5 Å². The lowest BCUT2D eigenvalue weighted by Gasteiger charge is -2.33. The van der Waals surface area contributed by atoms with Gasteiger partial charge in [-0.1, -0.05) is 0 Å². The maximum Gasteiger partial charge on any atom is 0.233 e. The number of fused-ring (bicyclic) bond motifs is 1. The minimum atomic E-state index is -0.213. The molecule has 0 bridgehead atoms. The van der Waals surface area contributed by atoms with E-state index in [0.29, 0.717) is 6.61 Å². The maximum atomic E-state index is 13.2. The van der Waals surface area contributed by atoms with E-state index in [1.807, 2.05) is 30.3 Å². The van der Waals surface area contributed by atoms with Crippen molar-refractivity contribution in [3.05, 3.63) is 42.0 Å². The van der Waals surface area contributed by atoms with Gasteiger partial charge in [0.2, 0.25) is 5.91 Å². The zero-order valence-electron chi connectivity index (χ0n) is 13.2. The van der Waals surface area contributed by atoms with Crippen LogP contribution in [0.2, 0.25) is 0 Å². The standard InChI is InChI=1S/C17H20N4O2/c1-20-15(5-8-19-20)16-13(3-2-10-23-16)17(22)21-9-6-12-11-18-7-4-14(12)21/h4-5,7-8,11,13,16H,2-3,6,9-10H2,1H3/t13-,16-/m1/s1. The number of amides is 1. The van der Waals surface area contributed by atoms with Crippen molar-refractivity contribution in [3.8, 4) is 0 Å². The van der Waals surface area contributed by atoms with Crippen LogP contribution in [0.5, 0.6) is 0 Å². The molecule has 1 fully saturated rings. The number of hydrogen-bond acceptors (Lipinski definition) is 4. The van der Waals surface area contributed by atoms with Gasteiger partial charge in [0, 0.05) is 44.5 Å². The SMILES string of the molecule is Cn1nccc1[C@@H]1OCCC[C@H]1C(=O)N1CCc2cnccc21. The second-order valence-corrected chi connectivity index (χ2v) is 6.16. The van der Waals surface area contributed by atoms with Crippen LogP contribution in [0.15, 0.2) is 30.7 Å². The average molecular weight is 312 g/mol. The minimum absolute atomic E-state index is 0.154. The molecule has 6 heteroatoms. The molecule has 0 aromatic carbocycles. The van der Waals surface area contributed by atoms with Crippen LogP contribution in [0.3, 0.4) is 0 Å². The lowest BCUT2D eigenvalue weighted by molar-refractivity contribution is -0.132. The zero-order chi connectivity index (χ0) is 15.8. The molecule has 2 aliphatic rings. The van der Waals surface area contributed by atoms with E-state index in [0.717, 1.165) is 42.8 Å². The number of nitrogens with zero attached hydrogens (tertiary/aromatic N) is 4. The quantitative estimate of drug-likeness (QED) is 0.849. The number of carbonyl (C=O) groups is 1. The Morgan fingerprint density at radius 2 is 2.26 bits per heavy atom. The Kier molecular flexibility index (Phi) is 3.61. The van der Waals surface area contributed by atoms with Crippen molar-refractivity contribution in [2.24, 2.45) is 13.0 Å². The van der Waals surface area contributed by atoms with Gasteiger partial charge in [0.25, 0.3) is 0 Å². The molecule has 2 aliphatic heterocycles. The number of ether oxygens (including phenoxy) is 1. The molecule has 2 atom stereocenters. The van der Waals surface area contributed by atoms with E-state index >= 15 is 0 Å². The molecule has 1 saturated heterocycles. The fourth-order valence-electron chi connectivity index (χ4n) is 3.65. The summed E-state index contributed by atoms with van der Waals surface area (Å²) in [4.78, 5) is 19.2. The molecule has 2 aromatic heterocycles. The first-order valence-corrected chi connectivity index (χ1v) is 8.09. The lowest BCUT2D eigenvalue weighted by Crippen LogP contribution is -2.40. The number of anilines is 1. The van der Waals surface area contributed by atoms with Gasteiger partial charge in [-0.25, -0.2) is 0 Å². The Balaban J connectivity index is 1.63. The largest absolute Gasteiger partial charge is 0.371 e. The van der Waals surface area contributed by atoms with Gasteiger partial charge < -0.3 is 9.64 Å². The predicted molar refractivity (Wildman–Crippen MR) is 84.9 cm³/mol. The number of rotatable bonds is 2. The molecular formula is C17H20N4O2. The van der Waals surface area contributed by atoms with Gasteiger partial charge in [-0.05, 0) is 37.0 Å². The first kappa shape index (κ1) is 14.4. The van der Waals surface area contributed by atoms with Crippen LogP contribution in [0.25, 0.3) is 0 Å². The van der Waals surface area contributed by atoms with Crippen molar-refractivity contribution in [1.29, 1.82) is 0 Å². The maximum absolute atomic E-state index is 13.2. The van der Waals surface area contributed by atoms with Crippen LogP contribution in [0.1, 0.15) is 30.2 Å². The summed E-state index contributed by atoms with van der Waals surface area (Å²) in [7, 11) is 1.89. The summed E-state index contributed by atoms with van der Waals surface area (Å²) in [6, 6.07) is 3.88. The van der Waals surface area contributed by atoms with E-state index in [4.69, 9.17) is 4.74 Å². The van der Waals surface area contributed by atoms with Gasteiger partial charge >= 0.3 is 0 Å². The summed E-state index contributed by atoms with van der Waals surface area (Å²) >= 11 is 0. The van der Waals surface area contributed by atoms with Crippen molar-refractivity contribution in [2.45, 2.75) is 25.4 Å². The van der Waals surface area contributed by atoms with E-state index in [1.165, 1.54) is 0 Å². The van der Waals surface area contributed by atoms with Gasteiger partial charge in [-0.15, -0.1) is 0 Å². The van der Waals surface area contributed by atoms with E-state index in [-0.39, 0.29) is 17.9 Å². The molecule has 120 valence electrons. The summed E-state index contributed by atoms with van der Waals surface area (Å²) in [5.74, 6) is -0.000819. The Morgan fingerprint density at radius 1 is 1.35 bits per heavy atom. The molecule has 2 aromatic rings. The van der Waals surface area contributed by atoms with Crippen molar-refractivity contribution in [1.82, 2.24) is 14.8 Å². The van der Waals surface area contributed by atoms with E-state index in [2.05, 4.69) is 10.1 Å². The average Bonchev–Trinajstić information content (AvgIpc) is 3.20. The van der Waals surface area contributed by atoms with Crippen molar-refractivity contribution < 1.29 is 9.53 Å². The number of aryl methyl sites for hydroxylation is 1. The van der Waals surface area contributed by atoms with Crippen LogP contribution < -0.4 is 4.90 Å². The second-order valence-electron chi connectivity index (χ2n) is 6.16. The van der Waals surface area contributed by atoms with Crippen LogP contribution >= 0.6 is 0 Å². The Bertz CT molecular complexity index is 727. The van der Waals surface area contributed by atoms with Crippen LogP contribution in [0, 0.1) is 5.92 Å². The Labute approximate surface area is 135 Å². The third-order valence-corrected chi connectivity index (χ3v) is 4.83. The van der Waals surface area contributed by atoms with Crippen LogP contribution in [-0.2, 0) is 23.0 Å². The molecular weight excluding hydrogens is 292 g/mol. The van der Waals surface area contributed by atoms with Crippen molar-refractivity contribution in [3.63, 3.8) is 0 Å². The summed E-state index contributed by atoms with van der Waals surface area (Å²) < 4.78 is 7.77. The van der Waals surface area contributed by atoms with E-state index in [9.17, 15) is 4.79 Å². The number of hydrogen-bond donors (Lipinski definition) is 0. The summed E-state index contributed by atoms with van der Waals surface area (Å²) in [5.41, 5.74) is 3.12. The molecule has 0 radical (unpaired) electrons. The molecule has 1 amide bonds. The molecule has 0 aliphatic carbocycles. The molecule has 4 heterocycles. The fourth-order valence-corrected chi connectivity index (χ4v) is 3.65. The second kappa shape index (κ2) is 5.77. The molecule has 0 unspecified atom stereocenters. The molecule has 6 nitrogen and oxygen atoms in total. The number of aromatic nitrogens is 3. The Morgan fingerprint density at radius 3 is 3.09 bits per heavy atom. The smallest absolute Gasteiger partial charge is 0.233 e. The topological polar surface area (TPSA) is 60.3 Å². The van der Waals surface area contributed by atoms with Crippen molar-refractivity contribution >= 4 is 11.6 Å². The van der Waals surface area contributed by atoms with E-state index < -0.39 is 0 Å². The summed E-state index contributed by atoms with van der Waals surface area (Å²) in [6.45, 7) is 1.43.